The number of methoxy groups -OCH3 is 1. The van der Waals surface area contributed by atoms with Crippen molar-refractivity contribution in [3.8, 4) is 5.75 Å². The molecule has 1 amide bonds. The molecule has 0 bridgehead atoms. The fraction of sp³-hybridized carbons (Fsp3) is 0.333. The molecule has 0 spiro atoms. The van der Waals surface area contributed by atoms with E-state index >= 15 is 0 Å². The predicted molar refractivity (Wildman–Crippen MR) is 96.3 cm³/mol. The lowest BCUT2D eigenvalue weighted by molar-refractivity contribution is 0.102. The summed E-state index contributed by atoms with van der Waals surface area (Å²) in [7, 11) is 1.62. The van der Waals surface area contributed by atoms with Gasteiger partial charge in [0.1, 0.15) is 11.3 Å². The van der Waals surface area contributed by atoms with Crippen molar-refractivity contribution in [1.29, 1.82) is 0 Å². The second kappa shape index (κ2) is 5.63. The van der Waals surface area contributed by atoms with Crippen molar-refractivity contribution in [2.24, 2.45) is 0 Å². The largest absolute Gasteiger partial charge is 0.494 e. The molecule has 3 aromatic rings. The van der Waals surface area contributed by atoms with E-state index < -0.39 is 0 Å². The highest BCUT2D eigenvalue weighted by Crippen LogP contribution is 2.38. The van der Waals surface area contributed by atoms with Crippen molar-refractivity contribution in [3.63, 3.8) is 0 Å². The van der Waals surface area contributed by atoms with E-state index in [1.54, 1.807) is 7.11 Å². The molecule has 1 aliphatic carbocycles. The molecule has 5 nitrogen and oxygen atoms in total. The van der Waals surface area contributed by atoms with Gasteiger partial charge in [-0.05, 0) is 44.9 Å². The number of anilines is 1. The standard InChI is InChI=1S/C18H19N3O2S/c1-10-9-13(11(2)21(10)12-7-8-12)17(22)20-18-19-16-14(23-3)5-4-6-15(16)24-18/h4-6,9,12H,7-8H2,1-3H3,(H,19,20,22). The van der Waals surface area contributed by atoms with Crippen LogP contribution in [0.15, 0.2) is 24.3 Å². The van der Waals surface area contributed by atoms with Crippen LogP contribution in [0.3, 0.4) is 0 Å². The molecule has 124 valence electrons. The zero-order chi connectivity index (χ0) is 16.8. The van der Waals surface area contributed by atoms with Gasteiger partial charge in [-0.1, -0.05) is 17.4 Å². The van der Waals surface area contributed by atoms with E-state index in [2.05, 4.69) is 21.8 Å². The van der Waals surface area contributed by atoms with Gasteiger partial charge in [0, 0.05) is 17.4 Å². The highest BCUT2D eigenvalue weighted by molar-refractivity contribution is 7.22. The molecule has 1 aliphatic rings. The third-order valence-corrected chi connectivity index (χ3v) is 5.40. The molecule has 0 unspecified atom stereocenters. The van der Waals surface area contributed by atoms with Gasteiger partial charge in [0.2, 0.25) is 0 Å². The average Bonchev–Trinajstić information content (AvgIpc) is 3.22. The summed E-state index contributed by atoms with van der Waals surface area (Å²) in [5.41, 5.74) is 3.69. The number of carbonyl (C=O) groups excluding carboxylic acids is 1. The number of para-hydroxylation sites is 1. The first kappa shape index (κ1) is 15.2. The summed E-state index contributed by atoms with van der Waals surface area (Å²) in [5, 5.41) is 3.53. The monoisotopic (exact) mass is 341 g/mol. The number of hydrogen-bond donors (Lipinski definition) is 1. The summed E-state index contributed by atoms with van der Waals surface area (Å²) in [6.45, 7) is 4.08. The summed E-state index contributed by atoms with van der Waals surface area (Å²) in [6, 6.07) is 8.31. The zero-order valence-corrected chi connectivity index (χ0v) is 14.7. The number of ether oxygens (including phenoxy) is 1. The topological polar surface area (TPSA) is 56.1 Å². The quantitative estimate of drug-likeness (QED) is 0.769. The number of amides is 1. The van der Waals surface area contributed by atoms with Crippen LogP contribution in [0.5, 0.6) is 5.75 Å². The number of nitrogens with zero attached hydrogens (tertiary/aromatic N) is 2. The van der Waals surface area contributed by atoms with Crippen molar-refractivity contribution in [2.45, 2.75) is 32.7 Å². The molecular formula is C18H19N3O2S. The minimum absolute atomic E-state index is 0.104. The first-order valence-corrected chi connectivity index (χ1v) is 8.83. The number of fused-ring (bicyclic) bond motifs is 1. The highest BCUT2D eigenvalue weighted by Gasteiger charge is 2.28. The van der Waals surface area contributed by atoms with Crippen LogP contribution in [0, 0.1) is 13.8 Å². The van der Waals surface area contributed by atoms with Gasteiger partial charge >= 0.3 is 0 Å². The van der Waals surface area contributed by atoms with Gasteiger partial charge < -0.3 is 9.30 Å². The molecule has 1 saturated carbocycles. The molecule has 6 heteroatoms. The van der Waals surface area contributed by atoms with Crippen molar-refractivity contribution in [2.75, 3.05) is 12.4 Å². The Morgan fingerprint density at radius 1 is 1.38 bits per heavy atom. The highest BCUT2D eigenvalue weighted by atomic mass is 32.1. The number of carbonyl (C=O) groups is 1. The Hall–Kier alpha value is -2.34. The van der Waals surface area contributed by atoms with Crippen molar-refractivity contribution < 1.29 is 9.53 Å². The van der Waals surface area contributed by atoms with Crippen LogP contribution in [0.2, 0.25) is 0 Å². The molecule has 2 aromatic heterocycles. The molecule has 0 radical (unpaired) electrons. The fourth-order valence-electron chi connectivity index (χ4n) is 3.21. The molecule has 0 saturated heterocycles. The summed E-state index contributed by atoms with van der Waals surface area (Å²) in [5.74, 6) is 0.615. The van der Waals surface area contributed by atoms with Crippen LogP contribution in [-0.2, 0) is 0 Å². The average molecular weight is 341 g/mol. The van der Waals surface area contributed by atoms with E-state index in [0.717, 1.165) is 32.9 Å². The maximum atomic E-state index is 12.7. The minimum atomic E-state index is -0.104. The first-order chi connectivity index (χ1) is 11.6. The first-order valence-electron chi connectivity index (χ1n) is 8.02. The van der Waals surface area contributed by atoms with Crippen molar-refractivity contribution in [3.05, 3.63) is 41.2 Å². The summed E-state index contributed by atoms with van der Waals surface area (Å²) in [4.78, 5) is 17.2. The van der Waals surface area contributed by atoms with E-state index in [4.69, 9.17) is 4.74 Å². The third kappa shape index (κ3) is 2.47. The number of thiazole rings is 1. The van der Waals surface area contributed by atoms with E-state index in [-0.39, 0.29) is 5.91 Å². The number of aryl methyl sites for hydroxylation is 1. The van der Waals surface area contributed by atoms with Gasteiger partial charge in [0.05, 0.1) is 17.4 Å². The molecule has 1 N–H and O–H groups in total. The normalized spacial score (nSPS) is 14.1. The lowest BCUT2D eigenvalue weighted by Crippen LogP contribution is -2.13. The van der Waals surface area contributed by atoms with Gasteiger partial charge in [-0.15, -0.1) is 0 Å². The number of hydrogen-bond acceptors (Lipinski definition) is 4. The molecule has 4 rings (SSSR count). The van der Waals surface area contributed by atoms with Crippen molar-refractivity contribution in [1.82, 2.24) is 9.55 Å². The number of rotatable bonds is 4. The molecule has 1 fully saturated rings. The maximum Gasteiger partial charge on any atom is 0.259 e. The Labute approximate surface area is 144 Å². The Bertz CT molecular complexity index is 937. The van der Waals surface area contributed by atoms with Gasteiger partial charge in [-0.25, -0.2) is 4.98 Å². The maximum absolute atomic E-state index is 12.7. The number of nitrogens with one attached hydrogen (secondary N) is 1. The second-order valence-corrected chi connectivity index (χ2v) is 7.20. The number of benzene rings is 1. The smallest absolute Gasteiger partial charge is 0.259 e. The Morgan fingerprint density at radius 3 is 2.88 bits per heavy atom. The van der Waals surface area contributed by atoms with Crippen LogP contribution in [-0.4, -0.2) is 22.6 Å². The van der Waals surface area contributed by atoms with Gasteiger partial charge in [0.15, 0.2) is 5.13 Å². The van der Waals surface area contributed by atoms with E-state index in [1.807, 2.05) is 31.2 Å². The summed E-state index contributed by atoms with van der Waals surface area (Å²) >= 11 is 1.46. The fourth-order valence-corrected chi connectivity index (χ4v) is 4.09. The van der Waals surface area contributed by atoms with E-state index in [9.17, 15) is 4.79 Å². The Kier molecular flexibility index (Phi) is 3.57. The molecule has 1 aromatic carbocycles. The summed E-state index contributed by atoms with van der Waals surface area (Å²) < 4.78 is 8.60. The van der Waals surface area contributed by atoms with Gasteiger partial charge in [-0.3, -0.25) is 10.1 Å². The van der Waals surface area contributed by atoms with E-state index in [1.165, 1.54) is 24.2 Å². The van der Waals surface area contributed by atoms with Gasteiger partial charge in [-0.2, -0.15) is 0 Å². The van der Waals surface area contributed by atoms with Crippen LogP contribution in [0.1, 0.15) is 40.6 Å². The molecule has 2 heterocycles. The Balaban J connectivity index is 1.64. The summed E-state index contributed by atoms with van der Waals surface area (Å²) in [6.07, 6.45) is 2.41. The zero-order valence-electron chi connectivity index (χ0n) is 13.9. The molecule has 0 atom stereocenters. The van der Waals surface area contributed by atoms with Crippen LogP contribution in [0.25, 0.3) is 10.2 Å². The Morgan fingerprint density at radius 2 is 2.17 bits per heavy atom. The second-order valence-electron chi connectivity index (χ2n) is 6.17. The predicted octanol–water partition coefficient (Wildman–Crippen LogP) is 4.31. The van der Waals surface area contributed by atoms with Crippen LogP contribution < -0.4 is 10.1 Å². The lowest BCUT2D eigenvalue weighted by Gasteiger charge is -2.07. The SMILES string of the molecule is COc1cccc2sc(NC(=O)c3cc(C)n(C4CC4)c3C)nc12. The minimum Gasteiger partial charge on any atom is -0.494 e. The van der Waals surface area contributed by atoms with Crippen LogP contribution in [0.4, 0.5) is 5.13 Å². The van der Waals surface area contributed by atoms with Crippen molar-refractivity contribution >= 4 is 32.6 Å². The molecule has 0 aliphatic heterocycles. The lowest BCUT2D eigenvalue weighted by atomic mass is 10.2. The van der Waals surface area contributed by atoms with E-state index in [0.29, 0.717) is 11.2 Å². The number of aromatic nitrogens is 2. The molecular weight excluding hydrogens is 322 g/mol. The third-order valence-electron chi connectivity index (χ3n) is 4.46. The van der Waals surface area contributed by atoms with Crippen LogP contribution >= 0.6 is 11.3 Å². The van der Waals surface area contributed by atoms with Gasteiger partial charge in [0.25, 0.3) is 5.91 Å². The molecule has 24 heavy (non-hydrogen) atoms.